The lowest BCUT2D eigenvalue weighted by Crippen LogP contribution is -2.43. The first-order valence-corrected chi connectivity index (χ1v) is 9.10. The highest BCUT2D eigenvalue weighted by Crippen LogP contribution is 2.24. The number of aliphatic hydroxyl groups excluding tert-OH is 1. The van der Waals surface area contributed by atoms with Gasteiger partial charge in [0.2, 0.25) is 0 Å². The minimum atomic E-state index is -0.527. The van der Waals surface area contributed by atoms with Gasteiger partial charge in [0.1, 0.15) is 29.6 Å². The Kier molecular flexibility index (Phi) is 5.84. The molecule has 2 atom stereocenters. The van der Waals surface area contributed by atoms with E-state index in [4.69, 9.17) is 9.47 Å². The van der Waals surface area contributed by atoms with Crippen LogP contribution in [0.5, 0.6) is 5.75 Å². The summed E-state index contributed by atoms with van der Waals surface area (Å²) in [5, 5.41) is 13.3. The van der Waals surface area contributed by atoms with Crippen LogP contribution in [0.4, 0.5) is 0 Å². The molecule has 130 valence electrons. The number of morpholine rings is 1. The van der Waals surface area contributed by atoms with Crippen LogP contribution in [-0.4, -0.2) is 53.9 Å². The van der Waals surface area contributed by atoms with Gasteiger partial charge in [-0.3, -0.25) is 4.90 Å². The van der Waals surface area contributed by atoms with Crippen LogP contribution in [0.25, 0.3) is 0 Å². The maximum atomic E-state index is 10.3. The van der Waals surface area contributed by atoms with Crippen LogP contribution < -0.4 is 4.74 Å². The number of hydrogen-bond donors (Lipinski definition) is 1. The first-order valence-electron chi connectivity index (χ1n) is 8.22. The van der Waals surface area contributed by atoms with E-state index in [-0.39, 0.29) is 6.10 Å². The summed E-state index contributed by atoms with van der Waals surface area (Å²) in [4.78, 5) is 6.54. The second-order valence-electron chi connectivity index (χ2n) is 6.28. The predicted octanol–water partition coefficient (Wildman–Crippen LogP) is 2.57. The van der Waals surface area contributed by atoms with E-state index in [1.807, 2.05) is 31.4 Å². The summed E-state index contributed by atoms with van der Waals surface area (Å²) in [6, 6.07) is 6.09. The number of benzene rings is 1. The van der Waals surface area contributed by atoms with Crippen LogP contribution in [0.3, 0.4) is 0 Å². The third-order valence-electron chi connectivity index (χ3n) is 3.98. The number of aromatic nitrogens is 1. The number of aryl methyl sites for hydroxylation is 2. The lowest BCUT2D eigenvalue weighted by Gasteiger charge is -2.33. The smallest absolute Gasteiger partial charge is 0.123 e. The number of thiazole rings is 1. The molecule has 1 aromatic carbocycles. The quantitative estimate of drug-likeness (QED) is 0.869. The zero-order chi connectivity index (χ0) is 16.9. The van der Waals surface area contributed by atoms with Gasteiger partial charge < -0.3 is 14.6 Å². The van der Waals surface area contributed by atoms with Crippen LogP contribution in [0.15, 0.2) is 29.8 Å². The van der Waals surface area contributed by atoms with E-state index < -0.39 is 6.10 Å². The second kappa shape index (κ2) is 8.07. The predicted molar refractivity (Wildman–Crippen MR) is 94.7 cm³/mol. The summed E-state index contributed by atoms with van der Waals surface area (Å²) in [7, 11) is 0. The maximum absolute atomic E-state index is 10.3. The molecular formula is C18H24N2O3S. The van der Waals surface area contributed by atoms with E-state index in [9.17, 15) is 5.11 Å². The second-order valence-corrected chi connectivity index (χ2v) is 7.20. The van der Waals surface area contributed by atoms with Crippen LogP contribution in [0, 0.1) is 13.8 Å². The lowest BCUT2D eigenvalue weighted by molar-refractivity contribution is -0.0460. The van der Waals surface area contributed by atoms with Crippen molar-refractivity contribution in [2.75, 3.05) is 32.8 Å². The van der Waals surface area contributed by atoms with E-state index in [2.05, 4.69) is 16.0 Å². The third kappa shape index (κ3) is 4.77. The molecule has 0 radical (unpaired) electrons. The van der Waals surface area contributed by atoms with Crippen molar-refractivity contribution >= 4 is 11.3 Å². The fourth-order valence-electron chi connectivity index (χ4n) is 2.97. The molecule has 1 saturated heterocycles. The van der Waals surface area contributed by atoms with Crippen LogP contribution in [0.2, 0.25) is 0 Å². The summed E-state index contributed by atoms with van der Waals surface area (Å²) in [5.74, 6) is 0.814. The Labute approximate surface area is 146 Å². The van der Waals surface area contributed by atoms with Crippen LogP contribution >= 0.6 is 11.3 Å². The molecule has 2 unspecified atom stereocenters. The fraction of sp³-hybridized carbons (Fsp3) is 0.500. The Bertz CT molecular complexity index is 627. The Balaban J connectivity index is 1.48. The van der Waals surface area contributed by atoms with E-state index in [1.165, 1.54) is 11.1 Å². The van der Waals surface area contributed by atoms with Crippen LogP contribution in [-0.2, 0) is 4.74 Å². The van der Waals surface area contributed by atoms with Gasteiger partial charge in [0.05, 0.1) is 6.61 Å². The molecule has 2 aromatic rings. The highest BCUT2D eigenvalue weighted by molar-refractivity contribution is 7.09. The molecule has 1 aliphatic rings. The number of nitrogens with zero attached hydrogens (tertiary/aromatic N) is 2. The van der Waals surface area contributed by atoms with E-state index >= 15 is 0 Å². The average Bonchev–Trinajstić information content (AvgIpc) is 3.07. The van der Waals surface area contributed by atoms with Gasteiger partial charge in [0.15, 0.2) is 0 Å². The molecule has 24 heavy (non-hydrogen) atoms. The summed E-state index contributed by atoms with van der Waals surface area (Å²) >= 11 is 1.61. The van der Waals surface area contributed by atoms with Crippen molar-refractivity contribution in [1.82, 2.24) is 9.88 Å². The maximum Gasteiger partial charge on any atom is 0.123 e. The lowest BCUT2D eigenvalue weighted by atomic mass is 10.1. The first kappa shape index (κ1) is 17.4. The summed E-state index contributed by atoms with van der Waals surface area (Å²) in [6.07, 6.45) is 1.28. The first-order chi connectivity index (χ1) is 11.6. The molecule has 0 saturated carbocycles. The Hall–Kier alpha value is -1.47. The Morgan fingerprint density at radius 1 is 1.38 bits per heavy atom. The van der Waals surface area contributed by atoms with Crippen molar-refractivity contribution in [2.24, 2.45) is 0 Å². The van der Waals surface area contributed by atoms with Crippen molar-refractivity contribution in [3.63, 3.8) is 0 Å². The molecule has 6 heteroatoms. The topological polar surface area (TPSA) is 54.8 Å². The van der Waals surface area contributed by atoms with Crippen molar-refractivity contribution in [1.29, 1.82) is 0 Å². The molecule has 2 heterocycles. The van der Waals surface area contributed by atoms with E-state index in [0.29, 0.717) is 19.8 Å². The monoisotopic (exact) mass is 348 g/mol. The van der Waals surface area contributed by atoms with Gasteiger partial charge in [0.25, 0.3) is 0 Å². The number of ether oxygens (including phenoxy) is 2. The molecule has 0 spiro atoms. The van der Waals surface area contributed by atoms with Gasteiger partial charge in [-0.2, -0.15) is 0 Å². The van der Waals surface area contributed by atoms with E-state index in [1.54, 1.807) is 17.5 Å². The molecule has 1 fully saturated rings. The summed E-state index contributed by atoms with van der Waals surface area (Å²) in [6.45, 7) is 7.20. The molecule has 1 aliphatic heterocycles. The SMILES string of the molecule is Cc1cc(C)cc(OCC(O)CN2CCOC(c3nccs3)C2)c1. The molecule has 0 amide bonds. The number of β-amino-alcohol motifs (C(OH)–C–C–N with tert-alkyl or cyclic N) is 1. The normalized spacial score (nSPS) is 20.0. The molecular weight excluding hydrogens is 324 g/mol. The molecule has 1 aromatic heterocycles. The average molecular weight is 348 g/mol. The molecule has 0 aliphatic carbocycles. The standard InChI is InChI=1S/C18H24N2O3S/c1-13-7-14(2)9-16(8-13)23-12-15(21)10-20-4-5-22-17(11-20)18-19-3-6-24-18/h3,6-9,15,17,21H,4-5,10-12H2,1-2H3. The van der Waals surface area contributed by atoms with Gasteiger partial charge in [-0.05, 0) is 37.1 Å². The van der Waals surface area contributed by atoms with Crippen molar-refractivity contribution in [3.8, 4) is 5.75 Å². The minimum absolute atomic E-state index is 0.00582. The highest BCUT2D eigenvalue weighted by atomic mass is 32.1. The molecule has 0 bridgehead atoms. The largest absolute Gasteiger partial charge is 0.491 e. The van der Waals surface area contributed by atoms with Gasteiger partial charge >= 0.3 is 0 Å². The number of rotatable bonds is 6. The Morgan fingerprint density at radius 2 is 2.17 bits per heavy atom. The van der Waals surface area contributed by atoms with Crippen molar-refractivity contribution in [2.45, 2.75) is 26.1 Å². The summed E-state index contributed by atoms with van der Waals surface area (Å²) < 4.78 is 11.5. The van der Waals surface area contributed by atoms with E-state index in [0.717, 1.165) is 23.8 Å². The van der Waals surface area contributed by atoms with Gasteiger partial charge in [-0.1, -0.05) is 6.07 Å². The van der Waals surface area contributed by atoms with Gasteiger partial charge in [0, 0.05) is 31.2 Å². The zero-order valence-corrected chi connectivity index (χ0v) is 15.0. The van der Waals surface area contributed by atoms with Gasteiger partial charge in [-0.15, -0.1) is 11.3 Å². The summed E-state index contributed by atoms with van der Waals surface area (Å²) in [5.41, 5.74) is 2.33. The highest BCUT2D eigenvalue weighted by Gasteiger charge is 2.25. The third-order valence-corrected chi connectivity index (χ3v) is 4.85. The molecule has 5 nitrogen and oxygen atoms in total. The minimum Gasteiger partial charge on any atom is -0.491 e. The molecule has 3 rings (SSSR count). The van der Waals surface area contributed by atoms with Crippen LogP contribution in [0.1, 0.15) is 22.2 Å². The van der Waals surface area contributed by atoms with Crippen molar-refractivity contribution in [3.05, 3.63) is 45.9 Å². The fourth-order valence-corrected chi connectivity index (χ4v) is 3.65. The number of hydrogen-bond acceptors (Lipinski definition) is 6. The number of aliphatic hydroxyl groups is 1. The Morgan fingerprint density at radius 3 is 2.88 bits per heavy atom. The molecule has 1 N–H and O–H groups in total. The van der Waals surface area contributed by atoms with Crippen molar-refractivity contribution < 1.29 is 14.6 Å². The van der Waals surface area contributed by atoms with Gasteiger partial charge in [-0.25, -0.2) is 4.98 Å². The zero-order valence-electron chi connectivity index (χ0n) is 14.1.